The molecule has 0 heterocycles. The highest BCUT2D eigenvalue weighted by Crippen LogP contribution is 2.23. The average Bonchev–Trinajstić information content (AvgIpc) is 2.25. The van der Waals surface area contributed by atoms with Gasteiger partial charge in [0.05, 0.1) is 6.04 Å². The molecular formula is C16H25BrN2O. The molecule has 0 aromatic heterocycles. The lowest BCUT2D eigenvalue weighted by molar-refractivity contribution is -0.122. The third-order valence-corrected chi connectivity index (χ3v) is 3.79. The standard InChI is InChI=1S/C16H25BrN2O/c1-11(13-7-5-6-8-14(13)17)19-15(20)9-12(18)10-16(2,3)4/h5-8,11-12H,9-10,18H2,1-4H3,(H,19,20)/t11-,12?/m1/s1. The van der Waals surface area contributed by atoms with Gasteiger partial charge in [-0.2, -0.15) is 0 Å². The summed E-state index contributed by atoms with van der Waals surface area (Å²) in [6, 6.07) is 7.78. The molecule has 112 valence electrons. The smallest absolute Gasteiger partial charge is 0.222 e. The number of hydrogen-bond acceptors (Lipinski definition) is 2. The fourth-order valence-corrected chi connectivity index (χ4v) is 2.93. The quantitative estimate of drug-likeness (QED) is 0.856. The van der Waals surface area contributed by atoms with Crippen molar-refractivity contribution in [1.82, 2.24) is 5.32 Å². The zero-order valence-corrected chi connectivity index (χ0v) is 14.3. The molecule has 2 atom stereocenters. The zero-order chi connectivity index (χ0) is 15.3. The summed E-state index contributed by atoms with van der Waals surface area (Å²) in [7, 11) is 0. The number of halogens is 1. The second kappa shape index (κ2) is 7.23. The lowest BCUT2D eigenvalue weighted by Gasteiger charge is -2.23. The maximum Gasteiger partial charge on any atom is 0.222 e. The maximum atomic E-state index is 12.0. The Labute approximate surface area is 130 Å². The van der Waals surface area contributed by atoms with Gasteiger partial charge in [-0.25, -0.2) is 0 Å². The van der Waals surface area contributed by atoms with Crippen LogP contribution in [0, 0.1) is 5.41 Å². The number of hydrogen-bond donors (Lipinski definition) is 2. The Balaban J connectivity index is 2.52. The summed E-state index contributed by atoms with van der Waals surface area (Å²) in [5.74, 6) is 0.00463. The molecule has 0 aliphatic carbocycles. The third-order valence-electron chi connectivity index (χ3n) is 3.07. The third kappa shape index (κ3) is 6.06. The Hall–Kier alpha value is -0.870. The summed E-state index contributed by atoms with van der Waals surface area (Å²) >= 11 is 3.50. The highest BCUT2D eigenvalue weighted by Gasteiger charge is 2.19. The summed E-state index contributed by atoms with van der Waals surface area (Å²) in [5, 5.41) is 3.00. The van der Waals surface area contributed by atoms with Crippen molar-refractivity contribution in [1.29, 1.82) is 0 Å². The van der Waals surface area contributed by atoms with Crippen molar-refractivity contribution < 1.29 is 4.79 Å². The molecule has 0 spiro atoms. The van der Waals surface area contributed by atoms with Gasteiger partial charge in [-0.05, 0) is 30.4 Å². The van der Waals surface area contributed by atoms with Crippen LogP contribution in [0.15, 0.2) is 28.7 Å². The van der Waals surface area contributed by atoms with E-state index in [4.69, 9.17) is 5.73 Å². The van der Waals surface area contributed by atoms with Gasteiger partial charge in [-0.15, -0.1) is 0 Å². The van der Waals surface area contributed by atoms with Crippen LogP contribution in [0.4, 0.5) is 0 Å². The van der Waals surface area contributed by atoms with Crippen LogP contribution in [0.3, 0.4) is 0 Å². The van der Waals surface area contributed by atoms with E-state index in [1.54, 1.807) is 0 Å². The highest BCUT2D eigenvalue weighted by atomic mass is 79.9. The van der Waals surface area contributed by atoms with E-state index < -0.39 is 0 Å². The zero-order valence-electron chi connectivity index (χ0n) is 12.7. The van der Waals surface area contributed by atoms with E-state index in [-0.39, 0.29) is 23.4 Å². The second-order valence-corrected chi connectivity index (χ2v) is 7.39. The first-order valence-electron chi connectivity index (χ1n) is 6.98. The van der Waals surface area contributed by atoms with Gasteiger partial charge >= 0.3 is 0 Å². The molecule has 0 aliphatic heterocycles. The fourth-order valence-electron chi connectivity index (χ4n) is 2.30. The van der Waals surface area contributed by atoms with Gasteiger partial charge in [0.25, 0.3) is 0 Å². The van der Waals surface area contributed by atoms with Crippen LogP contribution >= 0.6 is 15.9 Å². The molecule has 1 rings (SSSR count). The topological polar surface area (TPSA) is 55.1 Å². The Morgan fingerprint density at radius 3 is 2.50 bits per heavy atom. The molecular weight excluding hydrogens is 316 g/mol. The number of amides is 1. The van der Waals surface area contributed by atoms with Gasteiger partial charge in [0.1, 0.15) is 0 Å². The monoisotopic (exact) mass is 340 g/mol. The lowest BCUT2D eigenvalue weighted by Crippen LogP contribution is -2.35. The van der Waals surface area contributed by atoms with Crippen LogP contribution in [-0.2, 0) is 4.79 Å². The summed E-state index contributed by atoms with van der Waals surface area (Å²) in [4.78, 5) is 12.0. The van der Waals surface area contributed by atoms with Gasteiger partial charge in [0, 0.05) is 16.9 Å². The van der Waals surface area contributed by atoms with Gasteiger partial charge in [-0.1, -0.05) is 54.9 Å². The first kappa shape index (κ1) is 17.2. The van der Waals surface area contributed by atoms with Gasteiger partial charge < -0.3 is 11.1 Å². The van der Waals surface area contributed by atoms with Crippen molar-refractivity contribution >= 4 is 21.8 Å². The van der Waals surface area contributed by atoms with Crippen molar-refractivity contribution in [2.24, 2.45) is 11.1 Å². The fraction of sp³-hybridized carbons (Fsp3) is 0.562. The van der Waals surface area contributed by atoms with Crippen molar-refractivity contribution in [2.75, 3.05) is 0 Å². The summed E-state index contributed by atoms with van der Waals surface area (Å²) in [5.41, 5.74) is 7.26. The number of carbonyl (C=O) groups is 1. The Bertz CT molecular complexity index is 454. The van der Waals surface area contributed by atoms with E-state index in [1.165, 1.54) is 0 Å². The Morgan fingerprint density at radius 1 is 1.35 bits per heavy atom. The van der Waals surface area contributed by atoms with Gasteiger partial charge in [0.15, 0.2) is 0 Å². The van der Waals surface area contributed by atoms with E-state index in [0.29, 0.717) is 6.42 Å². The Morgan fingerprint density at radius 2 is 1.95 bits per heavy atom. The van der Waals surface area contributed by atoms with Crippen LogP contribution in [0.5, 0.6) is 0 Å². The van der Waals surface area contributed by atoms with Crippen molar-refractivity contribution in [3.63, 3.8) is 0 Å². The molecule has 0 radical (unpaired) electrons. The minimum Gasteiger partial charge on any atom is -0.349 e. The summed E-state index contributed by atoms with van der Waals surface area (Å²) in [6.45, 7) is 8.38. The van der Waals surface area contributed by atoms with Crippen LogP contribution in [0.25, 0.3) is 0 Å². The maximum absolute atomic E-state index is 12.0. The van der Waals surface area contributed by atoms with Crippen molar-refractivity contribution in [3.8, 4) is 0 Å². The number of rotatable bonds is 5. The van der Waals surface area contributed by atoms with E-state index in [2.05, 4.69) is 42.0 Å². The van der Waals surface area contributed by atoms with Crippen LogP contribution in [-0.4, -0.2) is 11.9 Å². The van der Waals surface area contributed by atoms with Crippen molar-refractivity contribution in [3.05, 3.63) is 34.3 Å². The summed E-state index contributed by atoms with van der Waals surface area (Å²) < 4.78 is 1.01. The molecule has 0 saturated carbocycles. The number of carbonyl (C=O) groups excluding carboxylic acids is 1. The van der Waals surface area contributed by atoms with Crippen LogP contribution < -0.4 is 11.1 Å². The molecule has 1 unspecified atom stereocenters. The number of nitrogens with two attached hydrogens (primary N) is 1. The first-order chi connectivity index (χ1) is 9.19. The lowest BCUT2D eigenvalue weighted by atomic mass is 9.87. The average molecular weight is 341 g/mol. The molecule has 0 aliphatic rings. The Kier molecular flexibility index (Phi) is 6.21. The highest BCUT2D eigenvalue weighted by molar-refractivity contribution is 9.10. The minimum absolute atomic E-state index is 0.00463. The molecule has 3 nitrogen and oxygen atoms in total. The summed E-state index contributed by atoms with van der Waals surface area (Å²) in [6.07, 6.45) is 1.20. The molecule has 0 saturated heterocycles. The molecule has 20 heavy (non-hydrogen) atoms. The number of benzene rings is 1. The van der Waals surface area contributed by atoms with E-state index in [1.807, 2.05) is 31.2 Å². The molecule has 1 aromatic rings. The predicted molar refractivity (Wildman–Crippen MR) is 87.4 cm³/mol. The molecule has 1 amide bonds. The SMILES string of the molecule is C[C@@H](NC(=O)CC(N)CC(C)(C)C)c1ccccc1Br. The number of nitrogens with one attached hydrogen (secondary N) is 1. The molecule has 0 bridgehead atoms. The molecule has 3 N–H and O–H groups in total. The van der Waals surface area contributed by atoms with E-state index >= 15 is 0 Å². The van der Waals surface area contributed by atoms with Crippen LogP contribution in [0.1, 0.15) is 52.1 Å². The normalized spacial score (nSPS) is 14.7. The first-order valence-corrected chi connectivity index (χ1v) is 7.78. The predicted octanol–water partition coefficient (Wildman–Crippen LogP) is 3.78. The van der Waals surface area contributed by atoms with E-state index in [0.717, 1.165) is 16.5 Å². The van der Waals surface area contributed by atoms with E-state index in [9.17, 15) is 4.79 Å². The molecule has 0 fully saturated rings. The van der Waals surface area contributed by atoms with Crippen molar-refractivity contribution in [2.45, 2.75) is 52.6 Å². The second-order valence-electron chi connectivity index (χ2n) is 6.54. The van der Waals surface area contributed by atoms with Gasteiger partial charge in [0.2, 0.25) is 5.91 Å². The molecule has 4 heteroatoms. The van der Waals surface area contributed by atoms with Crippen LogP contribution in [0.2, 0.25) is 0 Å². The molecule has 1 aromatic carbocycles. The minimum atomic E-state index is -0.0959. The largest absolute Gasteiger partial charge is 0.349 e. The van der Waals surface area contributed by atoms with Gasteiger partial charge in [-0.3, -0.25) is 4.79 Å².